The van der Waals surface area contributed by atoms with Crippen LogP contribution in [-0.2, 0) is 14.8 Å². The summed E-state index contributed by atoms with van der Waals surface area (Å²) in [5, 5.41) is 0. The normalized spacial score (nSPS) is 14.6. The lowest BCUT2D eigenvalue weighted by atomic mass is 10.3. The Balaban J connectivity index is 1.85. The number of sulfonamides is 1. The Bertz CT molecular complexity index is 897. The van der Waals surface area contributed by atoms with Crippen molar-refractivity contribution < 1.29 is 17.9 Å². The van der Waals surface area contributed by atoms with Gasteiger partial charge in [-0.2, -0.15) is 4.98 Å². The first-order valence-electron chi connectivity index (χ1n) is 9.03. The number of morpholine rings is 1. The van der Waals surface area contributed by atoms with Gasteiger partial charge in [0.2, 0.25) is 5.95 Å². The summed E-state index contributed by atoms with van der Waals surface area (Å²) in [5.74, 6) is 1.66. The molecule has 1 aliphatic heterocycles. The van der Waals surface area contributed by atoms with Crippen molar-refractivity contribution in [3.05, 3.63) is 30.5 Å². The fourth-order valence-electron chi connectivity index (χ4n) is 2.78. The van der Waals surface area contributed by atoms with Gasteiger partial charge in [0.25, 0.3) is 10.0 Å². The maximum absolute atomic E-state index is 12.8. The monoisotopic (exact) mass is 407 g/mol. The first-order chi connectivity index (χ1) is 13.4. The van der Waals surface area contributed by atoms with Crippen LogP contribution in [-0.4, -0.2) is 65.4 Å². The number of benzene rings is 1. The highest BCUT2D eigenvalue weighted by molar-refractivity contribution is 7.92. The molecule has 1 fully saturated rings. The van der Waals surface area contributed by atoms with Crippen LogP contribution < -0.4 is 19.3 Å². The van der Waals surface area contributed by atoms with Gasteiger partial charge < -0.3 is 19.3 Å². The molecule has 1 aromatic heterocycles. The Labute approximate surface area is 165 Å². The molecule has 2 heterocycles. The van der Waals surface area contributed by atoms with Crippen LogP contribution >= 0.6 is 0 Å². The summed E-state index contributed by atoms with van der Waals surface area (Å²) >= 11 is 0. The topological polar surface area (TPSA) is 96.9 Å². The number of nitrogens with zero attached hydrogens (tertiary/aromatic N) is 4. The summed E-state index contributed by atoms with van der Waals surface area (Å²) in [6, 6.07) is 6.27. The predicted octanol–water partition coefficient (Wildman–Crippen LogP) is 1.58. The lowest BCUT2D eigenvalue weighted by Crippen LogP contribution is -2.37. The largest absolute Gasteiger partial charge is 0.494 e. The quantitative estimate of drug-likeness (QED) is 0.739. The van der Waals surface area contributed by atoms with Crippen LogP contribution in [0.15, 0.2) is 35.4 Å². The Morgan fingerprint density at radius 2 is 1.89 bits per heavy atom. The Morgan fingerprint density at radius 1 is 1.21 bits per heavy atom. The third-order valence-corrected chi connectivity index (χ3v) is 5.54. The van der Waals surface area contributed by atoms with Crippen LogP contribution in [0.5, 0.6) is 5.75 Å². The van der Waals surface area contributed by atoms with E-state index < -0.39 is 10.0 Å². The maximum atomic E-state index is 12.8. The molecular formula is C18H25N5O4S. The van der Waals surface area contributed by atoms with Gasteiger partial charge in [0.05, 0.1) is 30.9 Å². The third kappa shape index (κ3) is 4.63. The van der Waals surface area contributed by atoms with E-state index in [9.17, 15) is 8.42 Å². The molecule has 0 amide bonds. The van der Waals surface area contributed by atoms with Crippen LogP contribution in [0.2, 0.25) is 0 Å². The Kier molecular flexibility index (Phi) is 6.20. The number of aromatic nitrogens is 2. The van der Waals surface area contributed by atoms with Gasteiger partial charge in [-0.25, -0.2) is 13.4 Å². The minimum atomic E-state index is -3.78. The van der Waals surface area contributed by atoms with E-state index in [1.54, 1.807) is 31.1 Å². The predicted molar refractivity (Wildman–Crippen MR) is 108 cm³/mol. The SMILES string of the molecule is CCOc1ccc(S(=O)(=O)Nc2cnc(N3CCOCC3)nc2N(C)C)cc1. The van der Waals surface area contributed by atoms with E-state index in [1.165, 1.54) is 18.3 Å². The second-order valence-corrected chi connectivity index (χ2v) is 8.09. The highest BCUT2D eigenvalue weighted by Crippen LogP contribution is 2.27. The first-order valence-corrected chi connectivity index (χ1v) is 10.5. The van der Waals surface area contributed by atoms with E-state index >= 15 is 0 Å². The van der Waals surface area contributed by atoms with Crippen molar-refractivity contribution in [3.8, 4) is 5.75 Å². The summed E-state index contributed by atoms with van der Waals surface area (Å²) in [6.45, 7) is 5.02. The van der Waals surface area contributed by atoms with Crippen molar-refractivity contribution >= 4 is 27.5 Å². The number of anilines is 3. The number of rotatable bonds is 7. The number of nitrogens with one attached hydrogen (secondary N) is 1. The number of ether oxygens (including phenoxy) is 2. The van der Waals surface area contributed by atoms with Crippen molar-refractivity contribution in [3.63, 3.8) is 0 Å². The molecule has 10 heteroatoms. The third-order valence-electron chi connectivity index (χ3n) is 4.16. The molecule has 3 rings (SSSR count). The molecule has 2 aromatic rings. The van der Waals surface area contributed by atoms with E-state index in [0.717, 1.165) is 0 Å². The highest BCUT2D eigenvalue weighted by Gasteiger charge is 2.21. The van der Waals surface area contributed by atoms with Crippen molar-refractivity contribution in [2.45, 2.75) is 11.8 Å². The molecular weight excluding hydrogens is 382 g/mol. The van der Waals surface area contributed by atoms with Crippen molar-refractivity contribution in [2.75, 3.05) is 61.5 Å². The van der Waals surface area contributed by atoms with Gasteiger partial charge in [-0.15, -0.1) is 0 Å². The highest BCUT2D eigenvalue weighted by atomic mass is 32.2. The number of hydrogen-bond donors (Lipinski definition) is 1. The molecule has 0 aliphatic carbocycles. The molecule has 0 atom stereocenters. The smallest absolute Gasteiger partial charge is 0.262 e. The van der Waals surface area contributed by atoms with Gasteiger partial charge in [0.15, 0.2) is 5.82 Å². The van der Waals surface area contributed by atoms with Crippen LogP contribution in [0.25, 0.3) is 0 Å². The zero-order valence-electron chi connectivity index (χ0n) is 16.3. The van der Waals surface area contributed by atoms with Gasteiger partial charge in [0.1, 0.15) is 11.4 Å². The average molecular weight is 407 g/mol. The lowest BCUT2D eigenvalue weighted by Gasteiger charge is -2.28. The van der Waals surface area contributed by atoms with Gasteiger partial charge in [0, 0.05) is 27.2 Å². The van der Waals surface area contributed by atoms with Gasteiger partial charge in [-0.3, -0.25) is 4.72 Å². The molecule has 1 aromatic carbocycles. The van der Waals surface area contributed by atoms with Crippen molar-refractivity contribution in [2.24, 2.45) is 0 Å². The van der Waals surface area contributed by atoms with Crippen molar-refractivity contribution in [1.29, 1.82) is 0 Å². The van der Waals surface area contributed by atoms with Crippen LogP contribution in [0.4, 0.5) is 17.5 Å². The molecule has 1 aliphatic rings. The van der Waals surface area contributed by atoms with Gasteiger partial charge in [-0.05, 0) is 31.2 Å². The zero-order chi connectivity index (χ0) is 20.1. The maximum Gasteiger partial charge on any atom is 0.262 e. The molecule has 0 saturated carbocycles. The van der Waals surface area contributed by atoms with E-state index in [4.69, 9.17) is 9.47 Å². The summed E-state index contributed by atoms with van der Waals surface area (Å²) in [4.78, 5) is 12.8. The molecule has 0 unspecified atom stereocenters. The first kappa shape index (κ1) is 20.2. The fourth-order valence-corrected chi connectivity index (χ4v) is 3.82. The van der Waals surface area contributed by atoms with E-state index in [2.05, 4.69) is 14.7 Å². The molecule has 9 nitrogen and oxygen atoms in total. The Morgan fingerprint density at radius 3 is 2.50 bits per heavy atom. The molecule has 0 radical (unpaired) electrons. The number of hydrogen-bond acceptors (Lipinski definition) is 8. The van der Waals surface area contributed by atoms with E-state index in [-0.39, 0.29) is 4.90 Å². The summed E-state index contributed by atoms with van der Waals surface area (Å²) in [6.07, 6.45) is 1.50. The van der Waals surface area contributed by atoms with E-state index in [0.29, 0.717) is 56.1 Å². The summed E-state index contributed by atoms with van der Waals surface area (Å²) in [5.41, 5.74) is 0.316. The zero-order valence-corrected chi connectivity index (χ0v) is 17.1. The van der Waals surface area contributed by atoms with Crippen LogP contribution in [0.1, 0.15) is 6.92 Å². The second kappa shape index (κ2) is 8.61. The molecule has 0 spiro atoms. The second-order valence-electron chi connectivity index (χ2n) is 6.41. The van der Waals surface area contributed by atoms with Crippen molar-refractivity contribution in [1.82, 2.24) is 9.97 Å². The molecule has 1 saturated heterocycles. The van der Waals surface area contributed by atoms with Gasteiger partial charge >= 0.3 is 0 Å². The molecule has 1 N–H and O–H groups in total. The molecule has 28 heavy (non-hydrogen) atoms. The lowest BCUT2D eigenvalue weighted by molar-refractivity contribution is 0.122. The molecule has 152 valence electrons. The standard InChI is InChI=1S/C18H25N5O4S/c1-4-27-14-5-7-15(8-6-14)28(24,25)21-16-13-19-18(20-17(16)22(2)3)23-9-11-26-12-10-23/h5-8,13,21H,4,9-12H2,1-3H3. The minimum absolute atomic E-state index is 0.137. The fraction of sp³-hybridized carbons (Fsp3) is 0.444. The van der Waals surface area contributed by atoms with E-state index in [1.807, 2.05) is 11.8 Å². The average Bonchev–Trinajstić information content (AvgIpc) is 2.69. The van der Waals surface area contributed by atoms with Crippen LogP contribution in [0.3, 0.4) is 0 Å². The van der Waals surface area contributed by atoms with Gasteiger partial charge in [-0.1, -0.05) is 0 Å². The minimum Gasteiger partial charge on any atom is -0.494 e. The summed E-state index contributed by atoms with van der Waals surface area (Å²) in [7, 11) is -0.173. The molecule has 0 bridgehead atoms. The van der Waals surface area contributed by atoms with Crippen LogP contribution in [0, 0.1) is 0 Å². The summed E-state index contributed by atoms with van der Waals surface area (Å²) < 4.78 is 38.9. The Hall–Kier alpha value is -2.59.